The summed E-state index contributed by atoms with van der Waals surface area (Å²) in [5, 5.41) is 2.86. The van der Waals surface area contributed by atoms with E-state index >= 15 is 0 Å². The van der Waals surface area contributed by atoms with Crippen LogP contribution in [0.4, 0.5) is 22.0 Å². The van der Waals surface area contributed by atoms with Crippen molar-refractivity contribution in [1.29, 1.82) is 0 Å². The summed E-state index contributed by atoms with van der Waals surface area (Å²) in [6, 6.07) is 0.445. The van der Waals surface area contributed by atoms with E-state index in [0.29, 0.717) is 12.3 Å². The van der Waals surface area contributed by atoms with Gasteiger partial charge in [0.05, 0.1) is 11.8 Å². The highest BCUT2D eigenvalue weighted by Crippen LogP contribution is 2.32. The van der Waals surface area contributed by atoms with Crippen molar-refractivity contribution < 1.29 is 22.0 Å². The fourth-order valence-electron chi connectivity index (χ4n) is 0.962. The molecular formula is C8H5F5N2. The van der Waals surface area contributed by atoms with Gasteiger partial charge in [-0.15, -0.1) is 0 Å². The standard InChI is InChI=1S/C8H5F5N2/c9-6-2-7(10)5(8(11,12)13)1-4(6)3-15-14/h1-3H,14H2. The second kappa shape index (κ2) is 3.84. The van der Waals surface area contributed by atoms with E-state index in [-0.39, 0.29) is 6.07 Å². The Kier molecular flexibility index (Phi) is 2.92. The predicted octanol–water partition coefficient (Wildman–Crippen LogP) is 2.28. The summed E-state index contributed by atoms with van der Waals surface area (Å²) < 4.78 is 62.1. The van der Waals surface area contributed by atoms with Crippen molar-refractivity contribution in [3.8, 4) is 0 Å². The summed E-state index contributed by atoms with van der Waals surface area (Å²) >= 11 is 0. The van der Waals surface area contributed by atoms with Gasteiger partial charge < -0.3 is 5.84 Å². The maximum atomic E-state index is 12.9. The molecule has 0 radical (unpaired) electrons. The first-order valence-electron chi connectivity index (χ1n) is 3.65. The molecule has 0 unspecified atom stereocenters. The number of benzene rings is 1. The number of hydrazone groups is 1. The van der Waals surface area contributed by atoms with Crippen LogP contribution < -0.4 is 5.84 Å². The molecule has 0 spiro atoms. The van der Waals surface area contributed by atoms with Gasteiger partial charge in [-0.2, -0.15) is 18.3 Å². The molecule has 0 aliphatic heterocycles. The molecular weight excluding hydrogens is 219 g/mol. The fourth-order valence-corrected chi connectivity index (χ4v) is 0.962. The summed E-state index contributed by atoms with van der Waals surface area (Å²) in [6.07, 6.45) is -4.21. The second-order valence-corrected chi connectivity index (χ2v) is 2.63. The van der Waals surface area contributed by atoms with E-state index in [9.17, 15) is 22.0 Å². The SMILES string of the molecule is NN=Cc1cc(C(F)(F)F)c(F)cc1F. The lowest BCUT2D eigenvalue weighted by Gasteiger charge is -2.08. The number of rotatable bonds is 1. The molecule has 15 heavy (non-hydrogen) atoms. The summed E-state index contributed by atoms with van der Waals surface area (Å²) in [4.78, 5) is 0. The van der Waals surface area contributed by atoms with Gasteiger partial charge in [-0.25, -0.2) is 8.78 Å². The Bertz CT molecular complexity index is 397. The monoisotopic (exact) mass is 224 g/mol. The molecule has 0 bridgehead atoms. The highest BCUT2D eigenvalue weighted by atomic mass is 19.4. The van der Waals surface area contributed by atoms with E-state index < -0.39 is 28.9 Å². The van der Waals surface area contributed by atoms with Crippen molar-refractivity contribution in [1.82, 2.24) is 0 Å². The first kappa shape index (κ1) is 11.4. The molecule has 0 atom stereocenters. The van der Waals surface area contributed by atoms with Crippen LogP contribution in [0.15, 0.2) is 17.2 Å². The van der Waals surface area contributed by atoms with Crippen LogP contribution in [0.1, 0.15) is 11.1 Å². The Labute approximate surface area is 81.2 Å². The minimum atomic E-state index is -4.88. The van der Waals surface area contributed by atoms with Crippen molar-refractivity contribution in [3.05, 3.63) is 34.9 Å². The highest BCUT2D eigenvalue weighted by molar-refractivity contribution is 5.80. The number of alkyl halides is 3. The molecule has 2 N–H and O–H groups in total. The van der Waals surface area contributed by atoms with Crippen LogP contribution in [-0.4, -0.2) is 6.21 Å². The Morgan fingerprint density at radius 1 is 1.13 bits per heavy atom. The predicted molar refractivity (Wildman–Crippen MR) is 43.1 cm³/mol. The van der Waals surface area contributed by atoms with Crippen molar-refractivity contribution >= 4 is 6.21 Å². The summed E-state index contributed by atoms with van der Waals surface area (Å²) in [5.41, 5.74) is -2.08. The number of nitrogens with zero attached hydrogens (tertiary/aromatic N) is 1. The third-order valence-corrected chi connectivity index (χ3v) is 1.61. The van der Waals surface area contributed by atoms with Crippen molar-refractivity contribution in [2.75, 3.05) is 0 Å². The quantitative estimate of drug-likeness (QED) is 0.338. The Balaban J connectivity index is 3.36. The smallest absolute Gasteiger partial charge is 0.323 e. The summed E-state index contributed by atoms with van der Waals surface area (Å²) in [7, 11) is 0. The van der Waals surface area contributed by atoms with Gasteiger partial charge in [-0.1, -0.05) is 0 Å². The molecule has 0 heterocycles. The zero-order valence-corrected chi connectivity index (χ0v) is 7.15. The third kappa shape index (κ3) is 2.42. The molecule has 2 nitrogen and oxygen atoms in total. The Morgan fingerprint density at radius 3 is 2.20 bits per heavy atom. The van der Waals surface area contributed by atoms with Crippen molar-refractivity contribution in [2.24, 2.45) is 10.9 Å². The lowest BCUT2D eigenvalue weighted by molar-refractivity contribution is -0.140. The van der Waals surface area contributed by atoms with Gasteiger partial charge in [0.25, 0.3) is 0 Å². The average Bonchev–Trinajstić information content (AvgIpc) is 2.07. The number of nitrogens with two attached hydrogens (primary N) is 1. The topological polar surface area (TPSA) is 38.4 Å². The van der Waals surface area contributed by atoms with Gasteiger partial charge in [0.1, 0.15) is 11.6 Å². The maximum absolute atomic E-state index is 12.9. The first-order valence-corrected chi connectivity index (χ1v) is 3.65. The van der Waals surface area contributed by atoms with Crippen LogP contribution in [-0.2, 0) is 6.18 Å². The van der Waals surface area contributed by atoms with Gasteiger partial charge >= 0.3 is 6.18 Å². The molecule has 82 valence electrons. The fraction of sp³-hybridized carbons (Fsp3) is 0.125. The second-order valence-electron chi connectivity index (χ2n) is 2.63. The van der Waals surface area contributed by atoms with Crippen LogP contribution in [0.25, 0.3) is 0 Å². The van der Waals surface area contributed by atoms with E-state index in [1.165, 1.54) is 0 Å². The molecule has 0 saturated heterocycles. The van der Waals surface area contributed by atoms with Crippen LogP contribution >= 0.6 is 0 Å². The molecule has 1 aromatic rings. The largest absolute Gasteiger partial charge is 0.419 e. The van der Waals surface area contributed by atoms with Crippen molar-refractivity contribution in [3.63, 3.8) is 0 Å². The molecule has 0 amide bonds. The van der Waals surface area contributed by atoms with E-state index in [0.717, 1.165) is 0 Å². The van der Waals surface area contributed by atoms with Crippen LogP contribution in [0.2, 0.25) is 0 Å². The Morgan fingerprint density at radius 2 is 1.73 bits per heavy atom. The van der Waals surface area contributed by atoms with E-state index in [1.807, 2.05) is 0 Å². The van der Waals surface area contributed by atoms with Crippen LogP contribution in [0, 0.1) is 11.6 Å². The lowest BCUT2D eigenvalue weighted by atomic mass is 10.1. The first-order chi connectivity index (χ1) is 6.86. The molecule has 1 rings (SSSR count). The van der Waals surface area contributed by atoms with E-state index in [2.05, 4.69) is 10.9 Å². The zero-order chi connectivity index (χ0) is 11.6. The van der Waals surface area contributed by atoms with E-state index in [4.69, 9.17) is 0 Å². The molecule has 0 saturated carbocycles. The third-order valence-electron chi connectivity index (χ3n) is 1.61. The van der Waals surface area contributed by atoms with Crippen LogP contribution in [0.5, 0.6) is 0 Å². The van der Waals surface area contributed by atoms with Gasteiger partial charge in [0.15, 0.2) is 0 Å². The van der Waals surface area contributed by atoms with Gasteiger partial charge in [-0.05, 0) is 6.07 Å². The molecule has 0 aliphatic carbocycles. The highest BCUT2D eigenvalue weighted by Gasteiger charge is 2.34. The molecule has 1 aromatic carbocycles. The Hall–Kier alpha value is -1.66. The normalized spacial score (nSPS) is 12.3. The number of halogens is 5. The number of hydrogen-bond donors (Lipinski definition) is 1. The lowest BCUT2D eigenvalue weighted by Crippen LogP contribution is -2.10. The molecule has 0 aromatic heterocycles. The zero-order valence-electron chi connectivity index (χ0n) is 7.15. The molecule has 7 heteroatoms. The minimum Gasteiger partial charge on any atom is -0.323 e. The van der Waals surface area contributed by atoms with Crippen LogP contribution in [0.3, 0.4) is 0 Å². The maximum Gasteiger partial charge on any atom is 0.419 e. The van der Waals surface area contributed by atoms with Crippen molar-refractivity contribution in [2.45, 2.75) is 6.18 Å². The molecule has 0 fully saturated rings. The van der Waals surface area contributed by atoms with E-state index in [1.54, 1.807) is 0 Å². The summed E-state index contributed by atoms with van der Waals surface area (Å²) in [6.45, 7) is 0. The molecule has 0 aliphatic rings. The number of hydrogen-bond acceptors (Lipinski definition) is 2. The minimum absolute atomic E-state index is 0.139. The summed E-state index contributed by atoms with van der Waals surface area (Å²) in [5.74, 6) is 1.82. The average molecular weight is 224 g/mol. The van der Waals surface area contributed by atoms with Gasteiger partial charge in [0.2, 0.25) is 0 Å². The van der Waals surface area contributed by atoms with Gasteiger partial charge in [-0.3, -0.25) is 0 Å². The van der Waals surface area contributed by atoms with Gasteiger partial charge in [0, 0.05) is 11.6 Å².